The molecule has 0 radical (unpaired) electrons. The molecule has 1 rings (SSSR count). The fourth-order valence-corrected chi connectivity index (χ4v) is 0.752. The van der Waals surface area contributed by atoms with Crippen molar-refractivity contribution in [2.45, 2.75) is 6.10 Å². The molecule has 0 aromatic heterocycles. The number of aliphatic hydroxyl groups is 1. The van der Waals surface area contributed by atoms with E-state index in [1.807, 2.05) is 0 Å². The predicted octanol–water partition coefficient (Wildman–Crippen LogP) is 0.764. The fraction of sp³-hybridized carbons (Fsp3) is 0.222. The van der Waals surface area contributed by atoms with Crippen LogP contribution >= 0.6 is 0 Å². The molecular formula is C9H9FO3. The third-order valence-electron chi connectivity index (χ3n) is 1.39. The summed E-state index contributed by atoms with van der Waals surface area (Å²) in [4.78, 5) is 9.99. The van der Waals surface area contributed by atoms with Gasteiger partial charge in [-0.15, -0.1) is 0 Å². The number of hydrogen-bond acceptors (Lipinski definition) is 3. The predicted molar refractivity (Wildman–Crippen MR) is 44.0 cm³/mol. The van der Waals surface area contributed by atoms with Gasteiger partial charge in [-0.2, -0.15) is 0 Å². The number of halogens is 1. The van der Waals surface area contributed by atoms with E-state index in [-0.39, 0.29) is 12.4 Å². The monoisotopic (exact) mass is 184 g/mol. The third kappa shape index (κ3) is 3.21. The van der Waals surface area contributed by atoms with E-state index < -0.39 is 6.10 Å². The van der Waals surface area contributed by atoms with E-state index in [2.05, 4.69) is 0 Å². The van der Waals surface area contributed by atoms with Crippen molar-refractivity contribution in [2.75, 3.05) is 6.61 Å². The molecule has 0 saturated carbocycles. The molecule has 0 bridgehead atoms. The maximum absolute atomic E-state index is 12.4. The first-order valence-electron chi connectivity index (χ1n) is 3.74. The second kappa shape index (κ2) is 4.57. The SMILES string of the molecule is O=C[C@H](O)COc1ccc(F)cc1. The van der Waals surface area contributed by atoms with Gasteiger partial charge in [0.15, 0.2) is 6.29 Å². The second-order valence-corrected chi connectivity index (χ2v) is 2.47. The Morgan fingerprint density at radius 3 is 2.62 bits per heavy atom. The van der Waals surface area contributed by atoms with Crippen LogP contribution in [0.3, 0.4) is 0 Å². The van der Waals surface area contributed by atoms with Gasteiger partial charge in [0, 0.05) is 0 Å². The lowest BCUT2D eigenvalue weighted by molar-refractivity contribution is -0.116. The highest BCUT2D eigenvalue weighted by Crippen LogP contribution is 2.10. The first-order chi connectivity index (χ1) is 6.22. The van der Waals surface area contributed by atoms with E-state index in [0.717, 1.165) is 0 Å². The molecule has 0 amide bonds. The minimum Gasteiger partial charge on any atom is -0.490 e. The lowest BCUT2D eigenvalue weighted by Gasteiger charge is -2.06. The van der Waals surface area contributed by atoms with Crippen molar-refractivity contribution < 1.29 is 19.0 Å². The summed E-state index contributed by atoms with van der Waals surface area (Å²) in [6, 6.07) is 5.32. The van der Waals surface area contributed by atoms with Gasteiger partial charge < -0.3 is 14.6 Å². The Bertz CT molecular complexity index is 271. The van der Waals surface area contributed by atoms with Crippen molar-refractivity contribution in [3.63, 3.8) is 0 Å². The lowest BCUT2D eigenvalue weighted by Crippen LogP contribution is -2.18. The largest absolute Gasteiger partial charge is 0.490 e. The van der Waals surface area contributed by atoms with E-state index in [9.17, 15) is 9.18 Å². The van der Waals surface area contributed by atoms with E-state index in [1.54, 1.807) is 0 Å². The number of carbonyl (C=O) groups is 1. The molecular weight excluding hydrogens is 175 g/mol. The molecule has 0 saturated heterocycles. The van der Waals surface area contributed by atoms with Crippen molar-refractivity contribution >= 4 is 6.29 Å². The summed E-state index contributed by atoms with van der Waals surface area (Å²) in [5.74, 6) is 0.0607. The van der Waals surface area contributed by atoms with E-state index in [1.165, 1.54) is 24.3 Å². The molecule has 1 aromatic rings. The van der Waals surface area contributed by atoms with Gasteiger partial charge in [-0.1, -0.05) is 0 Å². The number of aliphatic hydroxyl groups excluding tert-OH is 1. The van der Waals surface area contributed by atoms with Crippen LogP contribution in [0.5, 0.6) is 5.75 Å². The number of benzene rings is 1. The van der Waals surface area contributed by atoms with Crippen LogP contribution in [0, 0.1) is 5.82 Å². The second-order valence-electron chi connectivity index (χ2n) is 2.47. The summed E-state index contributed by atoms with van der Waals surface area (Å²) in [5.41, 5.74) is 0. The van der Waals surface area contributed by atoms with Crippen molar-refractivity contribution in [1.82, 2.24) is 0 Å². The normalized spacial score (nSPS) is 12.2. The summed E-state index contributed by atoms with van der Waals surface area (Å²) in [7, 11) is 0. The molecule has 0 heterocycles. The van der Waals surface area contributed by atoms with Gasteiger partial charge in [-0.05, 0) is 24.3 Å². The minimum absolute atomic E-state index is 0.116. The quantitative estimate of drug-likeness (QED) is 0.703. The molecule has 0 aliphatic carbocycles. The molecule has 0 aliphatic rings. The fourth-order valence-electron chi connectivity index (χ4n) is 0.752. The maximum atomic E-state index is 12.4. The Kier molecular flexibility index (Phi) is 3.40. The zero-order valence-corrected chi connectivity index (χ0v) is 6.81. The summed E-state index contributed by atoms with van der Waals surface area (Å²) >= 11 is 0. The zero-order chi connectivity index (χ0) is 9.68. The Morgan fingerprint density at radius 2 is 2.08 bits per heavy atom. The molecule has 70 valence electrons. The van der Waals surface area contributed by atoms with Gasteiger partial charge in [0.05, 0.1) is 0 Å². The van der Waals surface area contributed by atoms with Crippen molar-refractivity contribution in [3.8, 4) is 5.75 Å². The van der Waals surface area contributed by atoms with Gasteiger partial charge in [0.25, 0.3) is 0 Å². The highest BCUT2D eigenvalue weighted by Gasteiger charge is 2.01. The zero-order valence-electron chi connectivity index (χ0n) is 6.81. The average molecular weight is 184 g/mol. The Morgan fingerprint density at radius 1 is 1.46 bits per heavy atom. The standard InChI is InChI=1S/C9H9FO3/c10-7-1-3-9(4-2-7)13-6-8(12)5-11/h1-5,8,12H,6H2/t8-/m0/s1. The number of ether oxygens (including phenoxy) is 1. The summed E-state index contributed by atoms with van der Waals surface area (Å²) in [6.45, 7) is -0.116. The van der Waals surface area contributed by atoms with Crippen LogP contribution in [-0.2, 0) is 4.79 Å². The smallest absolute Gasteiger partial charge is 0.151 e. The molecule has 4 heteroatoms. The lowest BCUT2D eigenvalue weighted by atomic mass is 10.3. The Labute approximate surface area is 74.8 Å². The van der Waals surface area contributed by atoms with Crippen molar-refractivity contribution in [3.05, 3.63) is 30.1 Å². The van der Waals surface area contributed by atoms with Gasteiger partial charge in [-0.3, -0.25) is 0 Å². The number of hydrogen-bond donors (Lipinski definition) is 1. The summed E-state index contributed by atoms with van der Waals surface area (Å²) < 4.78 is 17.4. The average Bonchev–Trinajstić information content (AvgIpc) is 2.16. The first kappa shape index (κ1) is 9.67. The third-order valence-corrected chi connectivity index (χ3v) is 1.39. The Balaban J connectivity index is 2.45. The summed E-state index contributed by atoms with van der Waals surface area (Å²) in [6.07, 6.45) is -0.756. The molecule has 3 nitrogen and oxygen atoms in total. The molecule has 0 aliphatic heterocycles. The molecule has 0 unspecified atom stereocenters. The number of aldehydes is 1. The van der Waals surface area contributed by atoms with Gasteiger partial charge in [-0.25, -0.2) is 4.39 Å². The van der Waals surface area contributed by atoms with E-state index >= 15 is 0 Å². The minimum atomic E-state index is -1.13. The van der Waals surface area contributed by atoms with Crippen LogP contribution in [0.1, 0.15) is 0 Å². The van der Waals surface area contributed by atoms with Crippen LogP contribution in [-0.4, -0.2) is 24.1 Å². The maximum Gasteiger partial charge on any atom is 0.151 e. The first-order valence-corrected chi connectivity index (χ1v) is 3.74. The van der Waals surface area contributed by atoms with E-state index in [0.29, 0.717) is 12.0 Å². The Hall–Kier alpha value is -1.42. The highest BCUT2D eigenvalue weighted by atomic mass is 19.1. The highest BCUT2D eigenvalue weighted by molar-refractivity contribution is 5.55. The molecule has 1 atom stereocenters. The molecule has 1 N–H and O–H groups in total. The van der Waals surface area contributed by atoms with Crippen molar-refractivity contribution in [1.29, 1.82) is 0 Å². The molecule has 13 heavy (non-hydrogen) atoms. The van der Waals surface area contributed by atoms with Crippen LogP contribution in [0.2, 0.25) is 0 Å². The molecule has 1 aromatic carbocycles. The number of rotatable bonds is 4. The van der Waals surface area contributed by atoms with Crippen LogP contribution in [0.25, 0.3) is 0 Å². The van der Waals surface area contributed by atoms with Crippen LogP contribution in [0.15, 0.2) is 24.3 Å². The number of carbonyl (C=O) groups excluding carboxylic acids is 1. The van der Waals surface area contributed by atoms with Gasteiger partial charge in [0.2, 0.25) is 0 Å². The molecule has 0 spiro atoms. The van der Waals surface area contributed by atoms with Gasteiger partial charge >= 0.3 is 0 Å². The van der Waals surface area contributed by atoms with Crippen molar-refractivity contribution in [2.24, 2.45) is 0 Å². The summed E-state index contributed by atoms with van der Waals surface area (Å²) in [5, 5.41) is 8.81. The molecule has 0 fully saturated rings. The van der Waals surface area contributed by atoms with Crippen LogP contribution in [0.4, 0.5) is 4.39 Å². The van der Waals surface area contributed by atoms with Crippen LogP contribution < -0.4 is 4.74 Å². The van der Waals surface area contributed by atoms with Gasteiger partial charge in [0.1, 0.15) is 24.3 Å². The topological polar surface area (TPSA) is 46.5 Å². The van der Waals surface area contributed by atoms with E-state index in [4.69, 9.17) is 9.84 Å².